The van der Waals surface area contributed by atoms with Crippen LogP contribution >= 0.6 is 0 Å². The van der Waals surface area contributed by atoms with Gasteiger partial charge in [-0.3, -0.25) is 0 Å². The van der Waals surface area contributed by atoms with E-state index in [0.717, 1.165) is 0 Å². The van der Waals surface area contributed by atoms with Crippen molar-refractivity contribution in [2.45, 2.75) is 116 Å². The van der Waals surface area contributed by atoms with Gasteiger partial charge in [-0.25, -0.2) is 0 Å². The van der Waals surface area contributed by atoms with Gasteiger partial charge in [-0.1, -0.05) is 208 Å². The fourth-order valence-electron chi connectivity index (χ4n) is 5.05. The topological polar surface area (TPSA) is 0 Å². The molecule has 0 N–H and O–H groups in total. The molecule has 6 rings (SSSR count). The third-order valence-corrected chi connectivity index (χ3v) is 5.90. The first-order valence-corrected chi connectivity index (χ1v) is 16.8. The van der Waals surface area contributed by atoms with Crippen LogP contribution in [0.5, 0.6) is 0 Å². The van der Waals surface area contributed by atoms with Crippen LogP contribution in [0.4, 0.5) is 0 Å². The standard InChI is InChI=1S/C25H16.2C5H12.4C2H6/c1-5-13-21-17(9-1)18-10-2-6-14-22(18)25(21)23-15-7-3-11-19(23)20-12-4-8-16-24(20)25;2*1-5(2,3)4;4*1-2/h1-16H;2*1-4H3;4*1-2H3. The number of hydrogen-bond donors (Lipinski definition) is 0. The number of hydrogen-bond acceptors (Lipinski definition) is 0. The quantitative estimate of drug-likeness (QED) is 0.168. The van der Waals surface area contributed by atoms with Crippen molar-refractivity contribution in [3.05, 3.63) is 119 Å². The van der Waals surface area contributed by atoms with Gasteiger partial charge >= 0.3 is 0 Å². The molecule has 0 heteroatoms. The molecule has 0 aromatic heterocycles. The van der Waals surface area contributed by atoms with Crippen molar-refractivity contribution in [1.82, 2.24) is 0 Å². The predicted molar refractivity (Wildman–Crippen MR) is 198 cm³/mol. The minimum absolute atomic E-state index is 0.180. The van der Waals surface area contributed by atoms with Crippen LogP contribution in [0.3, 0.4) is 0 Å². The summed E-state index contributed by atoms with van der Waals surface area (Å²) >= 11 is 0. The fourth-order valence-corrected chi connectivity index (χ4v) is 5.05. The Bertz CT molecular complexity index is 1110. The average molecular weight is 581 g/mol. The summed E-state index contributed by atoms with van der Waals surface area (Å²) in [4.78, 5) is 0. The van der Waals surface area contributed by atoms with Gasteiger partial charge in [0.15, 0.2) is 0 Å². The summed E-state index contributed by atoms with van der Waals surface area (Å²) in [6.45, 7) is 33.5. The van der Waals surface area contributed by atoms with Gasteiger partial charge < -0.3 is 0 Å². The monoisotopic (exact) mass is 581 g/mol. The SMILES string of the molecule is CC.CC.CC.CC.CC(C)(C)C.CC(C)(C)C.c1ccc2c(c1)-c1ccccc1C21c2ccccc2-c2ccccc21. The third kappa shape index (κ3) is 9.96. The molecular formula is C43H64. The zero-order valence-corrected chi connectivity index (χ0v) is 30.7. The number of fused-ring (bicyclic) bond motifs is 10. The third-order valence-electron chi connectivity index (χ3n) is 5.90. The van der Waals surface area contributed by atoms with Crippen LogP contribution in [0.1, 0.15) is 133 Å². The Morgan fingerprint density at radius 3 is 0.605 bits per heavy atom. The molecule has 0 atom stereocenters. The summed E-state index contributed by atoms with van der Waals surface area (Å²) in [5.74, 6) is 0. The zero-order chi connectivity index (χ0) is 33.4. The van der Waals surface area contributed by atoms with Crippen LogP contribution in [-0.4, -0.2) is 0 Å². The second kappa shape index (κ2) is 18.5. The molecular weight excluding hydrogens is 516 g/mol. The van der Waals surface area contributed by atoms with Crippen LogP contribution in [-0.2, 0) is 5.41 Å². The summed E-state index contributed by atoms with van der Waals surface area (Å²) in [6.07, 6.45) is 0. The van der Waals surface area contributed by atoms with E-state index in [1.165, 1.54) is 44.5 Å². The van der Waals surface area contributed by atoms with Crippen molar-refractivity contribution in [1.29, 1.82) is 0 Å². The Balaban J connectivity index is 0.000000829. The van der Waals surface area contributed by atoms with Gasteiger partial charge in [0.05, 0.1) is 5.41 Å². The Hall–Kier alpha value is -3.12. The Labute approximate surface area is 268 Å². The van der Waals surface area contributed by atoms with E-state index in [2.05, 4.69) is 152 Å². The molecule has 0 amide bonds. The Kier molecular flexibility index (Phi) is 17.2. The van der Waals surface area contributed by atoms with E-state index in [9.17, 15) is 0 Å². The highest BCUT2D eigenvalue weighted by Crippen LogP contribution is 2.62. The minimum Gasteiger partial charge on any atom is -0.0683 e. The molecule has 2 aliphatic rings. The van der Waals surface area contributed by atoms with E-state index >= 15 is 0 Å². The van der Waals surface area contributed by atoms with Crippen molar-refractivity contribution in [3.8, 4) is 22.3 Å². The van der Waals surface area contributed by atoms with Crippen molar-refractivity contribution in [2.75, 3.05) is 0 Å². The molecule has 0 bridgehead atoms. The summed E-state index contributed by atoms with van der Waals surface area (Å²) in [7, 11) is 0. The van der Waals surface area contributed by atoms with Crippen molar-refractivity contribution < 1.29 is 0 Å². The maximum absolute atomic E-state index is 2.31. The molecule has 236 valence electrons. The van der Waals surface area contributed by atoms with E-state index in [0.29, 0.717) is 10.8 Å². The van der Waals surface area contributed by atoms with E-state index in [1.54, 1.807) is 0 Å². The fraction of sp³-hybridized carbons (Fsp3) is 0.442. The van der Waals surface area contributed by atoms with Gasteiger partial charge in [-0.2, -0.15) is 0 Å². The lowest BCUT2D eigenvalue weighted by atomic mass is 9.70. The molecule has 0 radical (unpaired) electrons. The Morgan fingerprint density at radius 1 is 0.302 bits per heavy atom. The minimum atomic E-state index is -0.180. The first kappa shape index (κ1) is 39.9. The van der Waals surface area contributed by atoms with Crippen molar-refractivity contribution in [3.63, 3.8) is 0 Å². The second-order valence-corrected chi connectivity index (χ2v) is 12.9. The molecule has 4 aromatic rings. The largest absolute Gasteiger partial charge is 0.0725 e. The smallest absolute Gasteiger partial charge is 0.0683 e. The van der Waals surface area contributed by atoms with Gasteiger partial charge in [0.1, 0.15) is 0 Å². The lowest BCUT2D eigenvalue weighted by molar-refractivity contribution is 0.469. The lowest BCUT2D eigenvalue weighted by Crippen LogP contribution is -2.25. The van der Waals surface area contributed by atoms with Crippen LogP contribution in [0.2, 0.25) is 0 Å². The molecule has 0 aliphatic heterocycles. The van der Waals surface area contributed by atoms with Crippen molar-refractivity contribution in [2.24, 2.45) is 10.8 Å². The van der Waals surface area contributed by atoms with Gasteiger partial charge in [0.25, 0.3) is 0 Å². The highest BCUT2D eigenvalue weighted by Gasteiger charge is 2.51. The van der Waals surface area contributed by atoms with Gasteiger partial charge in [-0.05, 0) is 55.3 Å². The van der Waals surface area contributed by atoms with Crippen LogP contribution in [0.25, 0.3) is 22.3 Å². The molecule has 1 spiro atoms. The first-order chi connectivity index (χ1) is 20.4. The molecule has 0 nitrogen and oxygen atoms in total. The molecule has 0 saturated heterocycles. The average Bonchev–Trinajstić information content (AvgIpc) is 3.47. The lowest BCUT2D eigenvalue weighted by Gasteiger charge is -2.30. The second-order valence-electron chi connectivity index (χ2n) is 12.9. The first-order valence-electron chi connectivity index (χ1n) is 16.8. The highest BCUT2D eigenvalue weighted by atomic mass is 14.5. The highest BCUT2D eigenvalue weighted by molar-refractivity contribution is 5.94. The molecule has 0 fully saturated rings. The summed E-state index contributed by atoms with van der Waals surface area (Å²) < 4.78 is 0. The molecule has 0 unspecified atom stereocenters. The van der Waals surface area contributed by atoms with Gasteiger partial charge in [-0.15, -0.1) is 0 Å². The summed E-state index contributed by atoms with van der Waals surface area (Å²) in [6, 6.07) is 35.7. The molecule has 4 aromatic carbocycles. The Morgan fingerprint density at radius 2 is 0.442 bits per heavy atom. The number of rotatable bonds is 0. The van der Waals surface area contributed by atoms with Crippen LogP contribution in [0, 0.1) is 10.8 Å². The van der Waals surface area contributed by atoms with E-state index < -0.39 is 0 Å². The van der Waals surface area contributed by atoms with E-state index in [4.69, 9.17) is 0 Å². The maximum atomic E-state index is 2.31. The summed E-state index contributed by atoms with van der Waals surface area (Å²) in [5.41, 5.74) is 11.9. The molecule has 2 aliphatic carbocycles. The van der Waals surface area contributed by atoms with E-state index in [-0.39, 0.29) is 5.41 Å². The summed E-state index contributed by atoms with van der Waals surface area (Å²) in [5, 5.41) is 0. The van der Waals surface area contributed by atoms with Crippen molar-refractivity contribution >= 4 is 0 Å². The predicted octanol–water partition coefficient (Wildman–Crippen LogP) is 14.2. The number of benzene rings is 4. The molecule has 0 heterocycles. The molecule has 43 heavy (non-hydrogen) atoms. The van der Waals surface area contributed by atoms with Gasteiger partial charge in [0, 0.05) is 0 Å². The maximum Gasteiger partial charge on any atom is 0.0725 e. The normalized spacial score (nSPS) is 11.9. The molecule has 0 saturated carbocycles. The zero-order valence-electron chi connectivity index (χ0n) is 30.7. The van der Waals surface area contributed by atoms with E-state index in [1.807, 2.05) is 55.4 Å². The van der Waals surface area contributed by atoms with Crippen LogP contribution in [0.15, 0.2) is 97.1 Å². The van der Waals surface area contributed by atoms with Gasteiger partial charge in [0.2, 0.25) is 0 Å². The van der Waals surface area contributed by atoms with Crippen LogP contribution < -0.4 is 0 Å².